The highest BCUT2D eigenvalue weighted by Crippen LogP contribution is 2.46. The van der Waals surface area contributed by atoms with Crippen LogP contribution in [0.1, 0.15) is 16.8 Å². The molecule has 1 aliphatic heterocycles. The van der Waals surface area contributed by atoms with Crippen LogP contribution in [0.5, 0.6) is 0 Å². The summed E-state index contributed by atoms with van der Waals surface area (Å²) in [7, 11) is 1.62. The van der Waals surface area contributed by atoms with Crippen LogP contribution in [0.25, 0.3) is 11.1 Å². The van der Waals surface area contributed by atoms with Gasteiger partial charge in [-0.2, -0.15) is 0 Å². The van der Waals surface area contributed by atoms with Crippen LogP contribution in [-0.2, 0) is 19.0 Å². The van der Waals surface area contributed by atoms with Crippen molar-refractivity contribution in [3.05, 3.63) is 60.2 Å². The molecule has 0 spiro atoms. The van der Waals surface area contributed by atoms with E-state index in [-0.39, 0.29) is 39.9 Å². The maximum atomic E-state index is 12.8. The van der Waals surface area contributed by atoms with E-state index in [1.165, 1.54) is 0 Å². The lowest BCUT2D eigenvalue weighted by atomic mass is 9.93. The van der Waals surface area contributed by atoms with Gasteiger partial charge in [-0.05, 0) is 23.3 Å². The zero-order valence-corrected chi connectivity index (χ0v) is 17.6. The molecular weight excluding hydrogens is 471 g/mol. The molecule has 0 bridgehead atoms. The average molecular weight is 492 g/mol. The third kappa shape index (κ3) is 3.67. The second-order valence-electron chi connectivity index (χ2n) is 7.20. The highest BCUT2D eigenvalue weighted by molar-refractivity contribution is 14.1. The summed E-state index contributed by atoms with van der Waals surface area (Å²) in [6.07, 6.45) is -0.200. The number of methoxy groups -OCH3 is 1. The molecule has 2 aromatic carbocycles. The third-order valence-corrected chi connectivity index (χ3v) is 6.94. The molecule has 0 N–H and O–H groups in total. The van der Waals surface area contributed by atoms with Gasteiger partial charge in [0.25, 0.3) is 0 Å². The van der Waals surface area contributed by atoms with Crippen LogP contribution in [0.3, 0.4) is 0 Å². The number of fused-ring (bicyclic) bond motifs is 1. The van der Waals surface area contributed by atoms with Crippen molar-refractivity contribution in [2.24, 2.45) is 11.8 Å². The molecule has 5 nitrogen and oxygen atoms in total. The summed E-state index contributed by atoms with van der Waals surface area (Å²) in [5, 5.41) is 0. The van der Waals surface area contributed by atoms with E-state index in [9.17, 15) is 9.59 Å². The van der Waals surface area contributed by atoms with Gasteiger partial charge in [0.2, 0.25) is 0 Å². The minimum atomic E-state index is -0.362. The van der Waals surface area contributed by atoms with Crippen LogP contribution < -0.4 is 0 Å². The van der Waals surface area contributed by atoms with Crippen molar-refractivity contribution in [3.63, 3.8) is 0 Å². The van der Waals surface area contributed by atoms with Crippen molar-refractivity contribution in [3.8, 4) is 11.1 Å². The molecule has 5 atom stereocenters. The van der Waals surface area contributed by atoms with Crippen LogP contribution in [0.15, 0.2) is 54.6 Å². The molecule has 6 heteroatoms. The fourth-order valence-corrected chi connectivity index (χ4v) is 5.50. The number of esters is 2. The molecule has 5 unspecified atom stereocenters. The first-order valence-electron chi connectivity index (χ1n) is 9.27. The molecule has 1 saturated carbocycles. The van der Waals surface area contributed by atoms with Crippen LogP contribution in [-0.4, -0.2) is 41.8 Å². The number of carbonyl (C=O) groups excluding carboxylic acids is 2. The predicted molar refractivity (Wildman–Crippen MR) is 112 cm³/mol. The molecule has 1 heterocycles. The van der Waals surface area contributed by atoms with E-state index in [0.29, 0.717) is 18.6 Å². The quantitative estimate of drug-likeness (QED) is 0.360. The SMILES string of the molecule is COCC1C2CC(=O)OC2C(I)C1OC(=O)c1ccc(-c2ccccc2)cc1. The number of ether oxygens (including phenoxy) is 3. The number of hydrogen-bond acceptors (Lipinski definition) is 5. The van der Waals surface area contributed by atoms with Crippen molar-refractivity contribution in [2.75, 3.05) is 13.7 Å². The fraction of sp³-hybridized carbons (Fsp3) is 0.364. The zero-order chi connectivity index (χ0) is 19.7. The number of carbonyl (C=O) groups is 2. The van der Waals surface area contributed by atoms with Gasteiger partial charge >= 0.3 is 11.9 Å². The lowest BCUT2D eigenvalue weighted by Gasteiger charge is -2.24. The summed E-state index contributed by atoms with van der Waals surface area (Å²) in [6, 6.07) is 17.4. The largest absolute Gasteiger partial charge is 0.461 e. The Morgan fingerprint density at radius 3 is 2.46 bits per heavy atom. The van der Waals surface area contributed by atoms with Crippen LogP contribution >= 0.6 is 22.6 Å². The molecule has 146 valence electrons. The minimum Gasteiger partial charge on any atom is -0.461 e. The first kappa shape index (κ1) is 19.4. The molecule has 0 amide bonds. The van der Waals surface area contributed by atoms with Crippen LogP contribution in [0, 0.1) is 11.8 Å². The monoisotopic (exact) mass is 492 g/mol. The maximum Gasteiger partial charge on any atom is 0.338 e. The van der Waals surface area contributed by atoms with E-state index in [4.69, 9.17) is 14.2 Å². The smallest absolute Gasteiger partial charge is 0.338 e. The van der Waals surface area contributed by atoms with Gasteiger partial charge in [-0.15, -0.1) is 0 Å². The number of benzene rings is 2. The van der Waals surface area contributed by atoms with E-state index in [1.54, 1.807) is 19.2 Å². The topological polar surface area (TPSA) is 61.8 Å². The first-order valence-corrected chi connectivity index (χ1v) is 10.5. The van der Waals surface area contributed by atoms with E-state index in [2.05, 4.69) is 22.6 Å². The summed E-state index contributed by atoms with van der Waals surface area (Å²) in [5.74, 6) is -0.554. The Kier molecular flexibility index (Phi) is 5.68. The minimum absolute atomic E-state index is 0.0348. The Bertz CT molecular complexity index is 851. The van der Waals surface area contributed by atoms with Gasteiger partial charge < -0.3 is 14.2 Å². The Morgan fingerprint density at radius 2 is 1.79 bits per heavy atom. The van der Waals surface area contributed by atoms with Crippen molar-refractivity contribution in [2.45, 2.75) is 22.6 Å². The third-order valence-electron chi connectivity index (χ3n) is 5.52. The molecule has 4 rings (SSSR count). The number of rotatable bonds is 5. The fourth-order valence-electron chi connectivity index (χ4n) is 4.14. The van der Waals surface area contributed by atoms with Gasteiger partial charge in [0, 0.05) is 18.9 Å². The van der Waals surface area contributed by atoms with Gasteiger partial charge in [-0.25, -0.2) is 4.79 Å². The summed E-state index contributed by atoms with van der Waals surface area (Å²) in [4.78, 5) is 24.4. The van der Waals surface area contributed by atoms with Crippen LogP contribution in [0.2, 0.25) is 0 Å². The lowest BCUT2D eigenvalue weighted by Crippen LogP contribution is -2.34. The molecule has 0 aromatic heterocycles. The Balaban J connectivity index is 1.49. The molecule has 28 heavy (non-hydrogen) atoms. The highest BCUT2D eigenvalue weighted by atomic mass is 127. The van der Waals surface area contributed by atoms with E-state index in [1.807, 2.05) is 42.5 Å². The number of hydrogen-bond donors (Lipinski definition) is 0. The second-order valence-corrected chi connectivity index (χ2v) is 8.64. The molecule has 2 aromatic rings. The summed E-state index contributed by atoms with van der Waals surface area (Å²) < 4.78 is 16.6. The normalized spacial score (nSPS) is 28.6. The number of halogens is 1. The maximum absolute atomic E-state index is 12.8. The summed E-state index contributed by atoms with van der Waals surface area (Å²) >= 11 is 2.23. The lowest BCUT2D eigenvalue weighted by molar-refractivity contribution is -0.141. The van der Waals surface area contributed by atoms with Crippen LogP contribution in [0.4, 0.5) is 0 Å². The van der Waals surface area contributed by atoms with Crippen molar-refractivity contribution in [1.82, 2.24) is 0 Å². The molecule has 2 aliphatic rings. The Labute approximate surface area is 177 Å². The van der Waals surface area contributed by atoms with Gasteiger partial charge in [-0.1, -0.05) is 65.1 Å². The first-order chi connectivity index (χ1) is 13.6. The molecule has 1 aliphatic carbocycles. The van der Waals surface area contributed by atoms with Crippen molar-refractivity contribution in [1.29, 1.82) is 0 Å². The Morgan fingerprint density at radius 1 is 1.11 bits per heavy atom. The van der Waals surface area contributed by atoms with E-state index in [0.717, 1.165) is 11.1 Å². The summed E-state index contributed by atoms with van der Waals surface area (Å²) in [5.41, 5.74) is 2.65. The molecular formula is C22H21IO5. The highest BCUT2D eigenvalue weighted by Gasteiger charge is 2.57. The van der Waals surface area contributed by atoms with Crippen molar-refractivity contribution >= 4 is 34.5 Å². The summed E-state index contributed by atoms with van der Waals surface area (Å²) in [6.45, 7) is 0.433. The predicted octanol–water partition coefficient (Wildman–Crippen LogP) is 3.89. The second kappa shape index (κ2) is 8.21. The van der Waals surface area contributed by atoms with Gasteiger partial charge in [-0.3, -0.25) is 4.79 Å². The number of alkyl halides is 1. The molecule has 2 fully saturated rings. The molecule has 0 radical (unpaired) electrons. The standard InChI is InChI=1S/C22H21IO5/c1-26-12-17-16-11-18(24)27-20(16)19(23)21(17)28-22(25)15-9-7-14(8-10-15)13-5-3-2-4-6-13/h2-10,16-17,19-21H,11-12H2,1H3. The van der Waals surface area contributed by atoms with E-state index < -0.39 is 0 Å². The van der Waals surface area contributed by atoms with Crippen molar-refractivity contribution < 1.29 is 23.8 Å². The molecule has 1 saturated heterocycles. The van der Waals surface area contributed by atoms with E-state index >= 15 is 0 Å². The van der Waals surface area contributed by atoms with Gasteiger partial charge in [0.1, 0.15) is 12.2 Å². The zero-order valence-electron chi connectivity index (χ0n) is 15.4. The van der Waals surface area contributed by atoms with Gasteiger partial charge in [0.05, 0.1) is 22.5 Å². The average Bonchev–Trinajstić information content (AvgIpc) is 3.21. The van der Waals surface area contributed by atoms with Gasteiger partial charge in [0.15, 0.2) is 0 Å². The Hall–Kier alpha value is -1.93.